The molecule has 1 fully saturated rings. The summed E-state index contributed by atoms with van der Waals surface area (Å²) >= 11 is 0. The molecule has 0 unspecified atom stereocenters. The molecular weight excluding hydrogens is 340 g/mol. The van der Waals surface area contributed by atoms with Gasteiger partial charge in [-0.25, -0.2) is 9.97 Å². The Morgan fingerprint density at radius 3 is 2.30 bits per heavy atom. The van der Waals surface area contributed by atoms with Crippen LogP contribution in [0.15, 0.2) is 30.3 Å². The minimum absolute atomic E-state index is 0.0304. The van der Waals surface area contributed by atoms with Crippen molar-refractivity contribution < 1.29 is 9.53 Å². The number of carbonyl (C=O) groups excluding carboxylic acids is 1. The Morgan fingerprint density at radius 1 is 1.11 bits per heavy atom. The van der Waals surface area contributed by atoms with E-state index in [1.807, 2.05) is 38.8 Å². The molecule has 1 aromatic carbocycles. The lowest BCUT2D eigenvalue weighted by atomic mass is 10.0. The summed E-state index contributed by atoms with van der Waals surface area (Å²) in [5.74, 6) is -0.0346. The first kappa shape index (κ1) is 19.1. The Bertz CT molecular complexity index is 763. The van der Waals surface area contributed by atoms with Gasteiger partial charge in [-0.3, -0.25) is 4.79 Å². The monoisotopic (exact) mass is 368 g/mol. The van der Waals surface area contributed by atoms with Gasteiger partial charge in [0, 0.05) is 43.3 Å². The van der Waals surface area contributed by atoms with Gasteiger partial charge in [0.1, 0.15) is 0 Å². The molecule has 1 aliphatic rings. The van der Waals surface area contributed by atoms with Crippen LogP contribution in [0.2, 0.25) is 0 Å². The molecule has 2 aromatic rings. The highest BCUT2D eigenvalue weighted by atomic mass is 16.5. The number of aryl methyl sites for hydroxylation is 2. The summed E-state index contributed by atoms with van der Waals surface area (Å²) in [5.41, 5.74) is 4.06. The van der Waals surface area contributed by atoms with Crippen molar-refractivity contribution in [2.75, 3.05) is 31.6 Å². The van der Waals surface area contributed by atoms with Gasteiger partial charge in [-0.1, -0.05) is 18.2 Å². The highest BCUT2D eigenvalue weighted by Crippen LogP contribution is 2.22. The van der Waals surface area contributed by atoms with Gasteiger partial charge in [0.25, 0.3) is 5.91 Å². The lowest BCUT2D eigenvalue weighted by molar-refractivity contribution is -0.134. The van der Waals surface area contributed by atoms with Gasteiger partial charge in [0.15, 0.2) is 6.61 Å². The third kappa shape index (κ3) is 4.56. The number of ether oxygens (including phenoxy) is 1. The SMILES string of the molecule is Cc1nc(OCC(=O)N(C)C2CCN(c3ccccc3)CC2)nc(C)c1C. The van der Waals surface area contributed by atoms with E-state index in [2.05, 4.69) is 39.1 Å². The van der Waals surface area contributed by atoms with Gasteiger partial charge < -0.3 is 14.5 Å². The lowest BCUT2D eigenvalue weighted by Crippen LogP contribution is -2.47. The number of likely N-dealkylation sites (N-methyl/N-ethyl adjacent to an activating group) is 1. The van der Waals surface area contributed by atoms with Crippen LogP contribution >= 0.6 is 0 Å². The van der Waals surface area contributed by atoms with Crippen molar-refractivity contribution >= 4 is 11.6 Å². The number of nitrogens with zero attached hydrogens (tertiary/aromatic N) is 4. The van der Waals surface area contributed by atoms with Crippen LogP contribution in [0.5, 0.6) is 6.01 Å². The van der Waals surface area contributed by atoms with E-state index in [4.69, 9.17) is 4.74 Å². The number of hydrogen-bond donors (Lipinski definition) is 0. The summed E-state index contributed by atoms with van der Waals surface area (Å²) < 4.78 is 5.56. The van der Waals surface area contributed by atoms with Crippen molar-refractivity contribution in [3.05, 3.63) is 47.3 Å². The largest absolute Gasteiger partial charge is 0.453 e. The van der Waals surface area contributed by atoms with E-state index in [1.54, 1.807) is 0 Å². The molecule has 0 radical (unpaired) electrons. The fourth-order valence-corrected chi connectivity index (χ4v) is 3.39. The van der Waals surface area contributed by atoms with Crippen LogP contribution in [0.3, 0.4) is 0 Å². The molecule has 1 aromatic heterocycles. The number of carbonyl (C=O) groups is 1. The van der Waals surface area contributed by atoms with Gasteiger partial charge in [-0.2, -0.15) is 0 Å². The standard InChI is InChI=1S/C21H28N4O2/c1-15-16(2)22-21(23-17(15)3)27-14-20(26)24(4)18-10-12-25(13-11-18)19-8-6-5-7-9-19/h5-9,18H,10-14H2,1-4H3. The number of anilines is 1. The number of piperidine rings is 1. The first-order valence-electron chi connectivity index (χ1n) is 9.46. The molecule has 0 N–H and O–H groups in total. The Labute approximate surface area is 161 Å². The van der Waals surface area contributed by atoms with E-state index >= 15 is 0 Å². The fraction of sp³-hybridized carbons (Fsp3) is 0.476. The molecule has 3 rings (SSSR count). The molecule has 6 heteroatoms. The van der Waals surface area contributed by atoms with E-state index in [-0.39, 0.29) is 24.6 Å². The minimum Gasteiger partial charge on any atom is -0.453 e. The molecule has 0 bridgehead atoms. The Kier molecular flexibility index (Phi) is 5.94. The molecule has 0 saturated carbocycles. The molecular formula is C21H28N4O2. The van der Waals surface area contributed by atoms with Gasteiger partial charge in [-0.15, -0.1) is 0 Å². The maximum atomic E-state index is 12.5. The van der Waals surface area contributed by atoms with Crippen molar-refractivity contribution in [1.29, 1.82) is 0 Å². The van der Waals surface area contributed by atoms with E-state index < -0.39 is 0 Å². The molecule has 0 spiro atoms. The summed E-state index contributed by atoms with van der Waals surface area (Å²) in [6.45, 7) is 7.70. The maximum absolute atomic E-state index is 12.5. The zero-order valence-electron chi connectivity index (χ0n) is 16.6. The predicted octanol–water partition coefficient (Wildman–Crippen LogP) is 2.91. The number of hydrogen-bond acceptors (Lipinski definition) is 5. The molecule has 2 heterocycles. The van der Waals surface area contributed by atoms with Crippen LogP contribution in [0.1, 0.15) is 29.8 Å². The van der Waals surface area contributed by atoms with Crippen molar-refractivity contribution in [2.45, 2.75) is 39.7 Å². The summed E-state index contributed by atoms with van der Waals surface area (Å²) in [5, 5.41) is 0. The van der Waals surface area contributed by atoms with E-state index in [9.17, 15) is 4.79 Å². The highest BCUT2D eigenvalue weighted by Gasteiger charge is 2.25. The average molecular weight is 368 g/mol. The third-order valence-corrected chi connectivity index (χ3v) is 5.46. The van der Waals surface area contributed by atoms with Crippen LogP contribution in [0.4, 0.5) is 5.69 Å². The number of aromatic nitrogens is 2. The molecule has 1 saturated heterocycles. The summed E-state index contributed by atoms with van der Waals surface area (Å²) in [6, 6.07) is 10.9. The number of benzene rings is 1. The summed E-state index contributed by atoms with van der Waals surface area (Å²) in [4.78, 5) is 25.3. The Morgan fingerprint density at radius 2 is 1.70 bits per heavy atom. The molecule has 1 amide bonds. The van der Waals surface area contributed by atoms with Crippen LogP contribution in [-0.4, -0.2) is 53.6 Å². The van der Waals surface area contributed by atoms with Gasteiger partial charge in [0.05, 0.1) is 0 Å². The third-order valence-electron chi connectivity index (χ3n) is 5.46. The fourth-order valence-electron chi connectivity index (χ4n) is 3.39. The topological polar surface area (TPSA) is 58.6 Å². The summed E-state index contributed by atoms with van der Waals surface area (Å²) in [6.07, 6.45) is 1.91. The molecule has 6 nitrogen and oxygen atoms in total. The number of rotatable bonds is 5. The van der Waals surface area contributed by atoms with Crippen molar-refractivity contribution in [3.8, 4) is 6.01 Å². The molecule has 0 atom stereocenters. The zero-order chi connectivity index (χ0) is 19.4. The van der Waals surface area contributed by atoms with E-state index in [0.29, 0.717) is 0 Å². The van der Waals surface area contributed by atoms with Crippen molar-refractivity contribution in [2.24, 2.45) is 0 Å². The van der Waals surface area contributed by atoms with E-state index in [1.165, 1.54) is 5.69 Å². The number of para-hydroxylation sites is 1. The Hall–Kier alpha value is -2.63. The second-order valence-corrected chi connectivity index (χ2v) is 7.15. The normalized spacial score (nSPS) is 14.9. The smallest absolute Gasteiger partial charge is 0.317 e. The lowest BCUT2D eigenvalue weighted by Gasteiger charge is -2.37. The van der Waals surface area contributed by atoms with Crippen LogP contribution in [0.25, 0.3) is 0 Å². The average Bonchev–Trinajstić information content (AvgIpc) is 2.70. The second kappa shape index (κ2) is 8.37. The highest BCUT2D eigenvalue weighted by molar-refractivity contribution is 5.77. The quantitative estimate of drug-likeness (QED) is 0.812. The van der Waals surface area contributed by atoms with Crippen LogP contribution < -0.4 is 9.64 Å². The van der Waals surface area contributed by atoms with E-state index in [0.717, 1.165) is 42.9 Å². The van der Waals surface area contributed by atoms with Gasteiger partial charge in [-0.05, 0) is 51.3 Å². The predicted molar refractivity (Wildman–Crippen MR) is 106 cm³/mol. The van der Waals surface area contributed by atoms with Gasteiger partial charge >= 0.3 is 6.01 Å². The molecule has 144 valence electrons. The molecule has 0 aliphatic carbocycles. The van der Waals surface area contributed by atoms with Crippen LogP contribution in [-0.2, 0) is 4.79 Å². The summed E-state index contributed by atoms with van der Waals surface area (Å²) in [7, 11) is 1.86. The zero-order valence-corrected chi connectivity index (χ0v) is 16.6. The van der Waals surface area contributed by atoms with Crippen molar-refractivity contribution in [1.82, 2.24) is 14.9 Å². The first-order chi connectivity index (χ1) is 13.0. The second-order valence-electron chi connectivity index (χ2n) is 7.15. The maximum Gasteiger partial charge on any atom is 0.317 e. The Balaban J connectivity index is 1.51. The van der Waals surface area contributed by atoms with Crippen molar-refractivity contribution in [3.63, 3.8) is 0 Å². The van der Waals surface area contributed by atoms with Crippen LogP contribution in [0, 0.1) is 20.8 Å². The number of amides is 1. The first-order valence-corrected chi connectivity index (χ1v) is 9.46. The molecule has 27 heavy (non-hydrogen) atoms. The van der Waals surface area contributed by atoms with Gasteiger partial charge in [0.2, 0.25) is 0 Å². The molecule has 1 aliphatic heterocycles. The minimum atomic E-state index is -0.0346.